The highest BCUT2D eigenvalue weighted by Gasteiger charge is 2.09. The molecule has 122 valence electrons. The Kier molecular flexibility index (Phi) is 5.72. The maximum absolute atomic E-state index is 6.04. The minimum absolute atomic E-state index is 0.469. The van der Waals surface area contributed by atoms with E-state index in [1.165, 1.54) is 0 Å². The monoisotopic (exact) mass is 356 g/mol. The van der Waals surface area contributed by atoms with Crippen molar-refractivity contribution in [3.05, 3.63) is 71.6 Å². The second-order valence-electron chi connectivity index (χ2n) is 5.09. The minimum Gasteiger partial charge on any atom is -0.487 e. The van der Waals surface area contributed by atoms with Gasteiger partial charge in [0.25, 0.3) is 0 Å². The molecule has 1 aromatic carbocycles. The Morgan fingerprint density at radius 1 is 1.04 bits per heavy atom. The SMILES string of the molecule is CCSc1cnc(Cl)cc1-c1ccc(OCc2ccccc2)cn1. The van der Waals surface area contributed by atoms with Crippen LogP contribution in [0.15, 0.2) is 65.8 Å². The first kappa shape index (κ1) is 16.8. The highest BCUT2D eigenvalue weighted by molar-refractivity contribution is 7.99. The van der Waals surface area contributed by atoms with Crippen LogP contribution < -0.4 is 4.74 Å². The number of rotatable bonds is 6. The Balaban J connectivity index is 1.76. The van der Waals surface area contributed by atoms with Crippen LogP contribution in [0.25, 0.3) is 11.3 Å². The van der Waals surface area contributed by atoms with Crippen LogP contribution in [0, 0.1) is 0 Å². The summed E-state index contributed by atoms with van der Waals surface area (Å²) >= 11 is 7.77. The van der Waals surface area contributed by atoms with Crippen LogP contribution in [-0.4, -0.2) is 15.7 Å². The second-order valence-corrected chi connectivity index (χ2v) is 6.78. The molecule has 0 radical (unpaired) electrons. The van der Waals surface area contributed by atoms with Crippen LogP contribution >= 0.6 is 23.4 Å². The summed E-state index contributed by atoms with van der Waals surface area (Å²) in [4.78, 5) is 9.75. The van der Waals surface area contributed by atoms with Crippen LogP contribution in [0.2, 0.25) is 5.15 Å². The number of hydrogen-bond acceptors (Lipinski definition) is 4. The van der Waals surface area contributed by atoms with Crippen molar-refractivity contribution in [1.82, 2.24) is 9.97 Å². The van der Waals surface area contributed by atoms with Gasteiger partial charge in [-0.15, -0.1) is 11.8 Å². The minimum atomic E-state index is 0.469. The summed E-state index contributed by atoms with van der Waals surface area (Å²) in [7, 11) is 0. The molecule has 3 aromatic rings. The third-order valence-corrected chi connectivity index (χ3v) is 4.53. The van der Waals surface area contributed by atoms with Crippen LogP contribution in [0.4, 0.5) is 0 Å². The van der Waals surface area contributed by atoms with Gasteiger partial charge < -0.3 is 4.74 Å². The first-order valence-corrected chi connectivity index (χ1v) is 9.04. The van der Waals surface area contributed by atoms with Crippen molar-refractivity contribution in [2.75, 3.05) is 5.75 Å². The van der Waals surface area contributed by atoms with Crippen LogP contribution in [0.3, 0.4) is 0 Å². The van der Waals surface area contributed by atoms with Gasteiger partial charge in [-0.3, -0.25) is 4.98 Å². The molecule has 0 spiro atoms. The van der Waals surface area contributed by atoms with E-state index in [1.807, 2.05) is 48.5 Å². The maximum Gasteiger partial charge on any atom is 0.138 e. The highest BCUT2D eigenvalue weighted by atomic mass is 35.5. The molecule has 24 heavy (non-hydrogen) atoms. The van der Waals surface area contributed by atoms with E-state index in [9.17, 15) is 0 Å². The summed E-state index contributed by atoms with van der Waals surface area (Å²) in [6.07, 6.45) is 3.54. The van der Waals surface area contributed by atoms with Crippen molar-refractivity contribution in [2.45, 2.75) is 18.4 Å². The number of hydrogen-bond donors (Lipinski definition) is 0. The Hall–Kier alpha value is -2.04. The number of halogens is 1. The molecule has 3 rings (SSSR count). The predicted octanol–water partition coefficient (Wildman–Crippen LogP) is 5.49. The molecule has 2 aromatic heterocycles. The fourth-order valence-corrected chi connectivity index (χ4v) is 3.17. The normalized spacial score (nSPS) is 10.6. The molecule has 0 aliphatic carbocycles. The largest absolute Gasteiger partial charge is 0.487 e. The summed E-state index contributed by atoms with van der Waals surface area (Å²) in [6.45, 7) is 2.64. The molecule has 5 heteroatoms. The first-order valence-electron chi connectivity index (χ1n) is 7.67. The molecule has 0 aliphatic heterocycles. The van der Waals surface area contributed by atoms with E-state index >= 15 is 0 Å². The van der Waals surface area contributed by atoms with E-state index in [-0.39, 0.29) is 0 Å². The van der Waals surface area contributed by atoms with Gasteiger partial charge in [0.15, 0.2) is 0 Å². The third kappa shape index (κ3) is 4.28. The molecule has 2 heterocycles. The zero-order chi connectivity index (χ0) is 16.8. The lowest BCUT2D eigenvalue weighted by atomic mass is 10.2. The van der Waals surface area contributed by atoms with Gasteiger partial charge in [0.05, 0.1) is 11.9 Å². The number of benzene rings is 1. The molecule has 0 unspecified atom stereocenters. The quantitative estimate of drug-likeness (QED) is 0.432. The van der Waals surface area contributed by atoms with Crippen molar-refractivity contribution < 1.29 is 4.74 Å². The maximum atomic E-state index is 6.04. The summed E-state index contributed by atoms with van der Waals surface area (Å²) in [5, 5.41) is 0.469. The standard InChI is InChI=1S/C19H17ClN2OS/c1-2-24-18-12-22-19(20)10-16(18)17-9-8-15(11-21-17)23-13-14-6-4-3-5-7-14/h3-12H,2,13H2,1H3. The fraction of sp³-hybridized carbons (Fsp3) is 0.158. The summed E-state index contributed by atoms with van der Waals surface area (Å²) in [5.74, 6) is 1.71. The number of pyridine rings is 2. The van der Waals surface area contributed by atoms with Crippen molar-refractivity contribution in [3.8, 4) is 17.0 Å². The lowest BCUT2D eigenvalue weighted by Crippen LogP contribution is -1.96. The summed E-state index contributed by atoms with van der Waals surface area (Å²) in [5.41, 5.74) is 2.99. The molecule has 0 bridgehead atoms. The van der Waals surface area contributed by atoms with Crippen molar-refractivity contribution in [3.63, 3.8) is 0 Å². The Morgan fingerprint density at radius 3 is 2.58 bits per heavy atom. The van der Waals surface area contributed by atoms with Gasteiger partial charge in [-0.25, -0.2) is 4.98 Å². The van der Waals surface area contributed by atoms with Gasteiger partial charge in [0.2, 0.25) is 0 Å². The van der Waals surface area contributed by atoms with Gasteiger partial charge in [0, 0.05) is 16.7 Å². The zero-order valence-corrected chi connectivity index (χ0v) is 14.8. The zero-order valence-electron chi connectivity index (χ0n) is 13.3. The summed E-state index contributed by atoms with van der Waals surface area (Å²) < 4.78 is 5.78. The number of ether oxygens (including phenoxy) is 1. The lowest BCUT2D eigenvalue weighted by Gasteiger charge is -2.10. The van der Waals surface area contributed by atoms with Crippen LogP contribution in [0.5, 0.6) is 5.75 Å². The summed E-state index contributed by atoms with van der Waals surface area (Å²) in [6, 6.07) is 15.8. The van der Waals surface area contributed by atoms with Crippen LogP contribution in [0.1, 0.15) is 12.5 Å². The van der Waals surface area contributed by atoms with Gasteiger partial charge >= 0.3 is 0 Å². The molecule has 0 atom stereocenters. The number of aromatic nitrogens is 2. The van der Waals surface area contributed by atoms with E-state index < -0.39 is 0 Å². The molecule has 0 saturated heterocycles. The van der Waals surface area contributed by atoms with Crippen molar-refractivity contribution >= 4 is 23.4 Å². The molecule has 3 nitrogen and oxygen atoms in total. The third-order valence-electron chi connectivity index (χ3n) is 3.39. The second kappa shape index (κ2) is 8.18. The number of nitrogens with zero attached hydrogens (tertiary/aromatic N) is 2. The first-order chi connectivity index (χ1) is 11.8. The van der Waals surface area contributed by atoms with E-state index in [1.54, 1.807) is 24.2 Å². The fourth-order valence-electron chi connectivity index (χ4n) is 2.25. The molecule has 0 fully saturated rings. The van der Waals surface area contributed by atoms with Gasteiger partial charge in [-0.2, -0.15) is 0 Å². The van der Waals surface area contributed by atoms with E-state index in [4.69, 9.17) is 16.3 Å². The van der Waals surface area contributed by atoms with Gasteiger partial charge in [-0.1, -0.05) is 48.9 Å². The molecule has 0 aliphatic rings. The molecule has 0 amide bonds. The van der Waals surface area contributed by atoms with Crippen molar-refractivity contribution in [2.24, 2.45) is 0 Å². The molecule has 0 N–H and O–H groups in total. The lowest BCUT2D eigenvalue weighted by molar-refractivity contribution is 0.305. The van der Waals surface area contributed by atoms with E-state index in [0.717, 1.165) is 33.2 Å². The Bertz CT molecular complexity index is 794. The molecular formula is C19H17ClN2OS. The van der Waals surface area contributed by atoms with E-state index in [0.29, 0.717) is 11.8 Å². The molecular weight excluding hydrogens is 340 g/mol. The number of thioether (sulfide) groups is 1. The Morgan fingerprint density at radius 2 is 1.88 bits per heavy atom. The van der Waals surface area contributed by atoms with Gasteiger partial charge in [0.1, 0.15) is 17.5 Å². The Labute approximate surface area is 151 Å². The topological polar surface area (TPSA) is 35.0 Å². The average Bonchev–Trinajstić information content (AvgIpc) is 2.63. The highest BCUT2D eigenvalue weighted by Crippen LogP contribution is 2.32. The molecule has 0 saturated carbocycles. The van der Waals surface area contributed by atoms with E-state index in [2.05, 4.69) is 16.9 Å². The van der Waals surface area contributed by atoms with Crippen LogP contribution in [-0.2, 0) is 6.61 Å². The smallest absolute Gasteiger partial charge is 0.138 e. The predicted molar refractivity (Wildman–Crippen MR) is 99.7 cm³/mol. The van der Waals surface area contributed by atoms with Gasteiger partial charge in [-0.05, 0) is 29.5 Å². The van der Waals surface area contributed by atoms with Crippen molar-refractivity contribution in [1.29, 1.82) is 0 Å². The average molecular weight is 357 g/mol.